The van der Waals surface area contributed by atoms with Crippen LogP contribution in [-0.2, 0) is 17.6 Å². The third-order valence-electron chi connectivity index (χ3n) is 5.79. The van der Waals surface area contributed by atoms with E-state index in [2.05, 4.69) is 35.2 Å². The van der Waals surface area contributed by atoms with Gasteiger partial charge in [0.05, 0.1) is 6.07 Å². The first kappa shape index (κ1) is 21.1. The number of benzene rings is 2. The van der Waals surface area contributed by atoms with Crippen molar-refractivity contribution in [1.29, 1.82) is 5.26 Å². The number of amides is 1. The normalized spacial score (nSPS) is 15.0. The number of carbonyl (C=O) groups excluding carboxylic acids is 1. The van der Waals surface area contributed by atoms with E-state index in [0.29, 0.717) is 18.9 Å². The second kappa shape index (κ2) is 10.8. The second-order valence-electron chi connectivity index (χ2n) is 7.75. The Morgan fingerprint density at radius 1 is 1.03 bits per heavy atom. The molecule has 1 heterocycles. The van der Waals surface area contributed by atoms with E-state index in [9.17, 15) is 4.79 Å². The molecule has 1 aliphatic rings. The molecule has 0 bridgehead atoms. The molecule has 0 unspecified atom stereocenters. The molecule has 0 atom stereocenters. The number of likely N-dealkylation sites (tertiary alicyclic amines) is 1. The number of nitrogens with zero attached hydrogens (tertiary/aromatic N) is 3. The lowest BCUT2D eigenvalue weighted by molar-refractivity contribution is -0.119. The van der Waals surface area contributed by atoms with E-state index < -0.39 is 0 Å². The molecule has 0 aliphatic carbocycles. The van der Waals surface area contributed by atoms with E-state index in [1.54, 1.807) is 0 Å². The van der Waals surface area contributed by atoms with E-state index in [-0.39, 0.29) is 5.91 Å². The summed E-state index contributed by atoms with van der Waals surface area (Å²) in [6, 6.07) is 21.3. The van der Waals surface area contributed by atoms with E-state index in [1.807, 2.05) is 42.2 Å². The quantitative estimate of drug-likeness (QED) is 0.663. The summed E-state index contributed by atoms with van der Waals surface area (Å²) in [6.45, 7) is 5.06. The summed E-state index contributed by atoms with van der Waals surface area (Å²) >= 11 is 0. The van der Waals surface area contributed by atoms with Crippen molar-refractivity contribution in [2.45, 2.75) is 51.5 Å². The Bertz CT molecular complexity index is 802. The second-order valence-corrected chi connectivity index (χ2v) is 7.75. The highest BCUT2D eigenvalue weighted by molar-refractivity contribution is 5.93. The van der Waals surface area contributed by atoms with Crippen molar-refractivity contribution >= 4 is 11.6 Å². The van der Waals surface area contributed by atoms with Crippen LogP contribution in [0.15, 0.2) is 54.6 Å². The summed E-state index contributed by atoms with van der Waals surface area (Å²) in [7, 11) is 0. The summed E-state index contributed by atoms with van der Waals surface area (Å²) in [6.07, 6.45) is 5.04. The van der Waals surface area contributed by atoms with Crippen LogP contribution in [0.25, 0.3) is 0 Å². The van der Waals surface area contributed by atoms with Crippen LogP contribution in [0, 0.1) is 11.3 Å². The average Bonchev–Trinajstić information content (AvgIpc) is 2.78. The minimum Gasteiger partial charge on any atom is -0.309 e. The first-order valence-corrected chi connectivity index (χ1v) is 10.8. The van der Waals surface area contributed by atoms with Gasteiger partial charge in [0.1, 0.15) is 0 Å². The fraction of sp³-hybridized carbons (Fsp3) is 0.440. The van der Waals surface area contributed by atoms with Crippen molar-refractivity contribution in [2.75, 3.05) is 24.5 Å². The van der Waals surface area contributed by atoms with Crippen LogP contribution in [0.2, 0.25) is 0 Å². The zero-order valence-electron chi connectivity index (χ0n) is 17.4. The number of nitriles is 1. The van der Waals surface area contributed by atoms with Gasteiger partial charge in [-0.1, -0.05) is 49.4 Å². The monoisotopic (exact) mass is 389 g/mol. The third-order valence-corrected chi connectivity index (χ3v) is 5.79. The first-order valence-electron chi connectivity index (χ1n) is 10.8. The van der Waals surface area contributed by atoms with Gasteiger partial charge in [-0.2, -0.15) is 5.26 Å². The Labute approximate surface area is 174 Å². The molecule has 0 N–H and O–H groups in total. The lowest BCUT2D eigenvalue weighted by Crippen LogP contribution is -2.47. The predicted molar refractivity (Wildman–Crippen MR) is 118 cm³/mol. The minimum atomic E-state index is 0.214. The standard InChI is InChI=1S/C25H31N3O/c1-2-25(29)28(23-8-4-3-5-9-23)24-15-19-27(20-16-24)18-14-22-12-10-21(11-13-22)7-6-17-26/h3-5,8-13,24H,2,6-7,14-16,18-20H2,1H3. The van der Waals surface area contributed by atoms with Gasteiger partial charge in [0.15, 0.2) is 0 Å². The topological polar surface area (TPSA) is 47.3 Å². The molecule has 4 heteroatoms. The van der Waals surface area contributed by atoms with Crippen molar-refractivity contribution in [2.24, 2.45) is 0 Å². The van der Waals surface area contributed by atoms with Gasteiger partial charge in [0, 0.05) is 44.2 Å². The number of aryl methyl sites for hydroxylation is 1. The Kier molecular flexibility index (Phi) is 7.84. The lowest BCUT2D eigenvalue weighted by atomic mass is 10.0. The molecule has 3 rings (SSSR count). The van der Waals surface area contributed by atoms with E-state index in [1.165, 1.54) is 11.1 Å². The number of para-hydroxylation sites is 1. The van der Waals surface area contributed by atoms with Gasteiger partial charge in [-0.05, 0) is 48.9 Å². The predicted octanol–water partition coefficient (Wildman–Crippen LogP) is 4.59. The van der Waals surface area contributed by atoms with Gasteiger partial charge < -0.3 is 9.80 Å². The third kappa shape index (κ3) is 5.92. The summed E-state index contributed by atoms with van der Waals surface area (Å²) in [5.41, 5.74) is 3.60. The molecule has 1 aliphatic heterocycles. The van der Waals surface area contributed by atoms with Crippen LogP contribution in [-0.4, -0.2) is 36.5 Å². The number of piperidine rings is 1. The van der Waals surface area contributed by atoms with Gasteiger partial charge in [0.2, 0.25) is 5.91 Å². The Morgan fingerprint density at radius 3 is 2.24 bits per heavy atom. The van der Waals surface area contributed by atoms with Crippen LogP contribution >= 0.6 is 0 Å². The Hall–Kier alpha value is -2.64. The summed E-state index contributed by atoms with van der Waals surface area (Å²) in [4.78, 5) is 17.1. The first-order chi connectivity index (χ1) is 14.2. The maximum atomic E-state index is 12.6. The van der Waals surface area contributed by atoms with Crippen molar-refractivity contribution < 1.29 is 4.79 Å². The van der Waals surface area contributed by atoms with Crippen molar-refractivity contribution in [3.63, 3.8) is 0 Å². The zero-order chi connectivity index (χ0) is 20.5. The zero-order valence-corrected chi connectivity index (χ0v) is 17.4. The molecule has 0 spiro atoms. The minimum absolute atomic E-state index is 0.214. The lowest BCUT2D eigenvalue weighted by Gasteiger charge is -2.38. The van der Waals surface area contributed by atoms with Gasteiger partial charge in [-0.25, -0.2) is 0 Å². The van der Waals surface area contributed by atoms with Crippen LogP contribution in [0.5, 0.6) is 0 Å². The fourth-order valence-electron chi connectivity index (χ4n) is 4.08. The molecule has 2 aromatic rings. The van der Waals surface area contributed by atoms with Crippen molar-refractivity contribution in [1.82, 2.24) is 4.90 Å². The smallest absolute Gasteiger partial charge is 0.226 e. The van der Waals surface area contributed by atoms with Gasteiger partial charge in [-0.3, -0.25) is 4.79 Å². The van der Waals surface area contributed by atoms with Crippen LogP contribution in [0.3, 0.4) is 0 Å². The molecular weight excluding hydrogens is 358 g/mol. The van der Waals surface area contributed by atoms with Crippen LogP contribution in [0.4, 0.5) is 5.69 Å². The van der Waals surface area contributed by atoms with E-state index in [0.717, 1.165) is 51.0 Å². The number of rotatable bonds is 8. The van der Waals surface area contributed by atoms with Gasteiger partial charge >= 0.3 is 0 Å². The SMILES string of the molecule is CCC(=O)N(c1ccccc1)C1CCN(CCc2ccc(CCC#N)cc2)CC1. The van der Waals surface area contributed by atoms with E-state index in [4.69, 9.17) is 5.26 Å². The van der Waals surface area contributed by atoms with Crippen molar-refractivity contribution in [3.05, 3.63) is 65.7 Å². The Balaban J connectivity index is 1.50. The fourth-order valence-corrected chi connectivity index (χ4v) is 4.08. The number of hydrogen-bond donors (Lipinski definition) is 0. The molecule has 152 valence electrons. The summed E-state index contributed by atoms with van der Waals surface area (Å²) in [5, 5.41) is 8.70. The maximum Gasteiger partial charge on any atom is 0.226 e. The Morgan fingerprint density at radius 2 is 1.66 bits per heavy atom. The summed E-state index contributed by atoms with van der Waals surface area (Å²) in [5.74, 6) is 0.214. The molecule has 1 fully saturated rings. The number of hydrogen-bond acceptors (Lipinski definition) is 3. The molecule has 0 radical (unpaired) electrons. The maximum absolute atomic E-state index is 12.6. The molecule has 29 heavy (non-hydrogen) atoms. The number of carbonyl (C=O) groups is 1. The van der Waals surface area contributed by atoms with Crippen LogP contribution < -0.4 is 4.90 Å². The average molecular weight is 390 g/mol. The number of anilines is 1. The highest BCUT2D eigenvalue weighted by Crippen LogP contribution is 2.24. The van der Waals surface area contributed by atoms with Crippen molar-refractivity contribution in [3.8, 4) is 6.07 Å². The molecule has 0 saturated carbocycles. The molecule has 4 nitrogen and oxygen atoms in total. The highest BCUT2D eigenvalue weighted by Gasteiger charge is 2.28. The van der Waals surface area contributed by atoms with Gasteiger partial charge in [-0.15, -0.1) is 0 Å². The summed E-state index contributed by atoms with van der Waals surface area (Å²) < 4.78 is 0. The molecule has 1 saturated heterocycles. The largest absolute Gasteiger partial charge is 0.309 e. The molecule has 2 aromatic carbocycles. The molecule has 0 aromatic heterocycles. The van der Waals surface area contributed by atoms with E-state index >= 15 is 0 Å². The molecule has 1 amide bonds. The highest BCUT2D eigenvalue weighted by atomic mass is 16.2. The van der Waals surface area contributed by atoms with Gasteiger partial charge in [0.25, 0.3) is 0 Å². The van der Waals surface area contributed by atoms with Crippen LogP contribution in [0.1, 0.15) is 43.7 Å². The molecular formula is C25H31N3O.